The van der Waals surface area contributed by atoms with Crippen molar-refractivity contribution in [1.82, 2.24) is 0 Å². The van der Waals surface area contributed by atoms with E-state index in [9.17, 15) is 9.59 Å². The van der Waals surface area contributed by atoms with Crippen LogP contribution in [0, 0.1) is 6.92 Å². The molecule has 1 unspecified atom stereocenters. The summed E-state index contributed by atoms with van der Waals surface area (Å²) in [5.41, 5.74) is 3.27. The Morgan fingerprint density at radius 3 is 2.00 bits per heavy atom. The zero-order valence-electron chi connectivity index (χ0n) is 13.9. The maximum Gasteiger partial charge on any atom is 0.303 e. The Morgan fingerprint density at radius 1 is 0.957 bits per heavy atom. The Bertz CT molecular complexity index is 688. The van der Waals surface area contributed by atoms with Gasteiger partial charge in [-0.2, -0.15) is 0 Å². The second-order valence-electron chi connectivity index (χ2n) is 5.71. The number of aryl methyl sites for hydroxylation is 1. The summed E-state index contributed by atoms with van der Waals surface area (Å²) < 4.78 is 5.27. The monoisotopic (exact) mass is 311 g/mol. The molecule has 23 heavy (non-hydrogen) atoms. The Kier molecular flexibility index (Phi) is 5.16. The van der Waals surface area contributed by atoms with E-state index in [1.807, 2.05) is 62.3 Å². The summed E-state index contributed by atoms with van der Waals surface area (Å²) in [6.45, 7) is 3.27. The van der Waals surface area contributed by atoms with E-state index < -0.39 is 12.1 Å². The lowest BCUT2D eigenvalue weighted by Gasteiger charge is -2.17. The number of ketones is 1. The zero-order chi connectivity index (χ0) is 17.0. The Morgan fingerprint density at radius 2 is 1.52 bits per heavy atom. The number of esters is 1. The first kappa shape index (κ1) is 16.7. The Balaban J connectivity index is 2.32. The van der Waals surface area contributed by atoms with Gasteiger partial charge in [-0.05, 0) is 31.2 Å². The number of Topliss-reactive ketones (excluding diaryl/α,β-unsaturated/α-hetero) is 1. The minimum absolute atomic E-state index is 0.227. The third-order valence-corrected chi connectivity index (χ3v) is 3.57. The van der Waals surface area contributed by atoms with Crippen LogP contribution >= 0.6 is 0 Å². The Hall–Kier alpha value is -2.62. The van der Waals surface area contributed by atoms with Crippen LogP contribution in [0.3, 0.4) is 0 Å². The molecular weight excluding hydrogens is 290 g/mol. The molecule has 0 aliphatic heterocycles. The van der Waals surface area contributed by atoms with Gasteiger partial charge in [0.15, 0.2) is 6.10 Å². The third kappa shape index (κ3) is 4.19. The molecule has 2 aromatic carbocycles. The van der Waals surface area contributed by atoms with Crippen molar-refractivity contribution in [3.05, 3.63) is 65.2 Å². The second-order valence-corrected chi connectivity index (χ2v) is 5.71. The van der Waals surface area contributed by atoms with Gasteiger partial charge in [0.1, 0.15) is 0 Å². The van der Waals surface area contributed by atoms with E-state index in [1.54, 1.807) is 12.1 Å². The number of carbonyl (C=O) groups excluding carboxylic acids is 2. The van der Waals surface area contributed by atoms with Crippen molar-refractivity contribution in [3.63, 3.8) is 0 Å². The number of ether oxygens (including phenoxy) is 1. The first-order valence-corrected chi connectivity index (χ1v) is 7.44. The van der Waals surface area contributed by atoms with Crippen molar-refractivity contribution < 1.29 is 14.3 Å². The fraction of sp³-hybridized carbons (Fsp3) is 0.263. The summed E-state index contributed by atoms with van der Waals surface area (Å²) in [4.78, 5) is 26.1. The van der Waals surface area contributed by atoms with Crippen LogP contribution in [0.25, 0.3) is 0 Å². The summed E-state index contributed by atoms with van der Waals surface area (Å²) in [6, 6.07) is 14.7. The van der Waals surface area contributed by atoms with Crippen LogP contribution in [0.5, 0.6) is 0 Å². The summed E-state index contributed by atoms with van der Waals surface area (Å²) in [6.07, 6.45) is -0.918. The smallest absolute Gasteiger partial charge is 0.303 e. The first-order valence-electron chi connectivity index (χ1n) is 7.44. The van der Waals surface area contributed by atoms with E-state index in [1.165, 1.54) is 6.92 Å². The lowest BCUT2D eigenvalue weighted by molar-refractivity contribution is -0.144. The highest BCUT2D eigenvalue weighted by Gasteiger charge is 2.25. The average Bonchev–Trinajstić information content (AvgIpc) is 2.53. The quantitative estimate of drug-likeness (QED) is 0.626. The van der Waals surface area contributed by atoms with Gasteiger partial charge in [0, 0.05) is 37.8 Å². The number of hydrogen-bond donors (Lipinski definition) is 0. The molecule has 0 heterocycles. The number of nitrogens with zero attached hydrogens (tertiary/aromatic N) is 1. The van der Waals surface area contributed by atoms with Crippen LogP contribution in [0.1, 0.15) is 34.5 Å². The molecule has 4 heteroatoms. The van der Waals surface area contributed by atoms with Crippen molar-refractivity contribution in [2.75, 3.05) is 19.0 Å². The lowest BCUT2D eigenvalue weighted by atomic mass is 9.98. The minimum atomic E-state index is -0.918. The molecule has 2 aromatic rings. The summed E-state index contributed by atoms with van der Waals surface area (Å²) in [7, 11) is 3.87. The molecule has 2 rings (SSSR count). The molecule has 0 N–H and O–H groups in total. The standard InChI is InChI=1S/C19H21NO3/c1-13-5-7-16(8-6-13)19(23-14(2)21)18(22)15-9-11-17(12-10-15)20(3)4/h5-12,19H,1-4H3. The number of anilines is 1. The molecule has 0 saturated carbocycles. The van der Waals surface area contributed by atoms with Gasteiger partial charge in [-0.25, -0.2) is 0 Å². The van der Waals surface area contributed by atoms with Crippen LogP contribution in [-0.4, -0.2) is 25.8 Å². The summed E-state index contributed by atoms with van der Waals surface area (Å²) in [5.74, 6) is -0.705. The molecular formula is C19H21NO3. The van der Waals surface area contributed by atoms with Gasteiger partial charge >= 0.3 is 5.97 Å². The molecule has 0 radical (unpaired) electrons. The summed E-state index contributed by atoms with van der Waals surface area (Å²) >= 11 is 0. The number of carbonyl (C=O) groups is 2. The van der Waals surface area contributed by atoms with Crippen LogP contribution in [0.4, 0.5) is 5.69 Å². The highest BCUT2D eigenvalue weighted by molar-refractivity contribution is 6.01. The summed E-state index contributed by atoms with van der Waals surface area (Å²) in [5, 5.41) is 0. The molecule has 4 nitrogen and oxygen atoms in total. The number of benzene rings is 2. The highest BCUT2D eigenvalue weighted by atomic mass is 16.5. The number of hydrogen-bond acceptors (Lipinski definition) is 4. The van der Waals surface area contributed by atoms with Crippen molar-refractivity contribution >= 4 is 17.4 Å². The van der Waals surface area contributed by atoms with Crippen molar-refractivity contribution in [2.45, 2.75) is 20.0 Å². The molecule has 120 valence electrons. The van der Waals surface area contributed by atoms with Crippen LogP contribution in [0.15, 0.2) is 48.5 Å². The molecule has 0 aromatic heterocycles. The second kappa shape index (κ2) is 7.09. The first-order chi connectivity index (χ1) is 10.9. The highest BCUT2D eigenvalue weighted by Crippen LogP contribution is 2.24. The largest absolute Gasteiger partial charge is 0.449 e. The van der Waals surface area contributed by atoms with Crippen LogP contribution in [0.2, 0.25) is 0 Å². The third-order valence-electron chi connectivity index (χ3n) is 3.57. The van der Waals surface area contributed by atoms with E-state index in [0.717, 1.165) is 11.3 Å². The molecule has 0 bridgehead atoms. The fourth-order valence-electron chi connectivity index (χ4n) is 2.26. The average molecular weight is 311 g/mol. The maximum absolute atomic E-state index is 12.8. The normalized spacial score (nSPS) is 11.7. The van der Waals surface area contributed by atoms with Crippen LogP contribution in [-0.2, 0) is 9.53 Å². The molecule has 0 fully saturated rings. The van der Waals surface area contributed by atoms with Gasteiger partial charge in [0.2, 0.25) is 5.78 Å². The van der Waals surface area contributed by atoms with Gasteiger partial charge in [0.25, 0.3) is 0 Å². The number of rotatable bonds is 5. The minimum Gasteiger partial charge on any atom is -0.449 e. The predicted molar refractivity (Wildman–Crippen MR) is 90.8 cm³/mol. The van der Waals surface area contributed by atoms with Gasteiger partial charge < -0.3 is 9.64 Å². The van der Waals surface area contributed by atoms with Crippen molar-refractivity contribution in [3.8, 4) is 0 Å². The maximum atomic E-state index is 12.8. The van der Waals surface area contributed by atoms with Crippen LogP contribution < -0.4 is 4.90 Å². The fourth-order valence-corrected chi connectivity index (χ4v) is 2.26. The van der Waals surface area contributed by atoms with E-state index >= 15 is 0 Å². The molecule has 0 saturated heterocycles. The Labute approximate surface area is 136 Å². The predicted octanol–water partition coefficient (Wildman–Crippen LogP) is 3.55. The van der Waals surface area contributed by atoms with Gasteiger partial charge in [-0.1, -0.05) is 29.8 Å². The molecule has 1 atom stereocenters. The van der Waals surface area contributed by atoms with Gasteiger partial charge in [-0.15, -0.1) is 0 Å². The lowest BCUT2D eigenvalue weighted by Crippen LogP contribution is -2.19. The molecule has 0 aliphatic carbocycles. The zero-order valence-corrected chi connectivity index (χ0v) is 13.9. The van der Waals surface area contributed by atoms with E-state index in [4.69, 9.17) is 4.74 Å². The topological polar surface area (TPSA) is 46.6 Å². The molecule has 0 spiro atoms. The SMILES string of the molecule is CC(=O)OC(C(=O)c1ccc(N(C)C)cc1)c1ccc(C)cc1. The van der Waals surface area contributed by atoms with Gasteiger partial charge in [-0.3, -0.25) is 9.59 Å². The van der Waals surface area contributed by atoms with E-state index in [0.29, 0.717) is 11.1 Å². The molecule has 0 amide bonds. The molecule has 0 aliphatic rings. The van der Waals surface area contributed by atoms with E-state index in [-0.39, 0.29) is 5.78 Å². The van der Waals surface area contributed by atoms with Gasteiger partial charge in [0.05, 0.1) is 0 Å². The van der Waals surface area contributed by atoms with E-state index in [2.05, 4.69) is 0 Å². The van der Waals surface area contributed by atoms with Crippen molar-refractivity contribution in [2.24, 2.45) is 0 Å². The van der Waals surface area contributed by atoms with Crippen molar-refractivity contribution in [1.29, 1.82) is 0 Å².